The molecule has 0 aliphatic carbocycles. The molecule has 3 rings (SSSR count). The molecule has 0 radical (unpaired) electrons. The molecular weight excluding hydrogens is 324 g/mol. The number of carbonyl (C=O) groups excluding carboxylic acids is 2. The van der Waals surface area contributed by atoms with Gasteiger partial charge in [0, 0.05) is 31.8 Å². The van der Waals surface area contributed by atoms with E-state index in [2.05, 4.69) is 5.32 Å². The number of carbonyl (C=O) groups is 2. The van der Waals surface area contributed by atoms with Crippen molar-refractivity contribution in [2.24, 2.45) is 0 Å². The van der Waals surface area contributed by atoms with Gasteiger partial charge in [-0.1, -0.05) is 0 Å². The maximum atomic E-state index is 13.1. The van der Waals surface area contributed by atoms with E-state index in [9.17, 15) is 14.7 Å². The van der Waals surface area contributed by atoms with Gasteiger partial charge in [0.1, 0.15) is 23.6 Å². The average Bonchev–Trinajstić information content (AvgIpc) is 3.01. The summed E-state index contributed by atoms with van der Waals surface area (Å²) in [6, 6.07) is 4.47. The van der Waals surface area contributed by atoms with Crippen molar-refractivity contribution >= 4 is 11.8 Å². The van der Waals surface area contributed by atoms with Crippen LogP contribution in [0.3, 0.4) is 0 Å². The summed E-state index contributed by atoms with van der Waals surface area (Å²) >= 11 is 0. The van der Waals surface area contributed by atoms with E-state index in [1.54, 1.807) is 18.1 Å². The molecule has 2 fully saturated rings. The molecule has 2 saturated heterocycles. The van der Waals surface area contributed by atoms with Crippen LogP contribution in [0.4, 0.5) is 0 Å². The highest BCUT2D eigenvalue weighted by molar-refractivity contribution is 6.00. The molecule has 1 aromatic carbocycles. The third kappa shape index (κ3) is 3.42. The van der Waals surface area contributed by atoms with Crippen LogP contribution >= 0.6 is 0 Å². The second-order valence-electron chi connectivity index (χ2n) is 6.51. The van der Waals surface area contributed by atoms with Crippen molar-refractivity contribution in [2.75, 3.05) is 33.4 Å². The van der Waals surface area contributed by atoms with E-state index in [-0.39, 0.29) is 17.6 Å². The van der Waals surface area contributed by atoms with Gasteiger partial charge in [0.15, 0.2) is 0 Å². The lowest BCUT2D eigenvalue weighted by molar-refractivity contribution is -0.133. The fourth-order valence-corrected chi connectivity index (χ4v) is 3.72. The fraction of sp³-hybridized carbons (Fsp3) is 0.556. The molecule has 2 N–H and O–H groups in total. The zero-order valence-electron chi connectivity index (χ0n) is 14.4. The number of hydrogen-bond donors (Lipinski definition) is 2. The van der Waals surface area contributed by atoms with E-state index < -0.39 is 5.54 Å². The molecule has 25 heavy (non-hydrogen) atoms. The first-order valence-electron chi connectivity index (χ1n) is 8.63. The van der Waals surface area contributed by atoms with Crippen LogP contribution in [0.5, 0.6) is 11.5 Å². The number of benzene rings is 1. The molecule has 7 nitrogen and oxygen atoms in total. The molecule has 136 valence electrons. The van der Waals surface area contributed by atoms with Crippen LogP contribution in [0, 0.1) is 0 Å². The first-order valence-corrected chi connectivity index (χ1v) is 8.63. The van der Waals surface area contributed by atoms with Gasteiger partial charge in [-0.25, -0.2) is 0 Å². The number of aromatic hydroxyl groups is 1. The second-order valence-corrected chi connectivity index (χ2v) is 6.51. The number of amides is 2. The van der Waals surface area contributed by atoms with Crippen LogP contribution in [-0.4, -0.2) is 60.8 Å². The van der Waals surface area contributed by atoms with Crippen molar-refractivity contribution in [3.05, 3.63) is 23.8 Å². The van der Waals surface area contributed by atoms with Gasteiger partial charge in [0.05, 0.1) is 6.61 Å². The number of phenols is 1. The largest absolute Gasteiger partial charge is 0.508 e. The van der Waals surface area contributed by atoms with Crippen LogP contribution in [0.25, 0.3) is 0 Å². The fourth-order valence-electron chi connectivity index (χ4n) is 3.72. The Labute approximate surface area is 146 Å². The maximum Gasteiger partial charge on any atom is 0.255 e. The molecule has 1 unspecified atom stereocenters. The molecule has 1 spiro atoms. The molecule has 2 heterocycles. The molecule has 7 heteroatoms. The monoisotopic (exact) mass is 348 g/mol. The van der Waals surface area contributed by atoms with Crippen molar-refractivity contribution in [1.29, 1.82) is 0 Å². The van der Waals surface area contributed by atoms with Gasteiger partial charge in [-0.3, -0.25) is 9.59 Å². The number of piperidine rings is 1. The van der Waals surface area contributed by atoms with E-state index >= 15 is 0 Å². The number of nitrogens with zero attached hydrogens (tertiary/aromatic N) is 1. The number of phenolic OH excluding ortho intramolecular Hbond substituents is 1. The Hall–Kier alpha value is -2.28. The molecule has 0 aromatic heterocycles. The predicted octanol–water partition coefficient (Wildman–Crippen LogP) is 1.30. The van der Waals surface area contributed by atoms with Crippen molar-refractivity contribution < 1.29 is 24.2 Å². The summed E-state index contributed by atoms with van der Waals surface area (Å²) in [4.78, 5) is 27.2. The highest BCUT2D eigenvalue weighted by Crippen LogP contribution is 2.37. The van der Waals surface area contributed by atoms with Gasteiger partial charge >= 0.3 is 0 Å². The quantitative estimate of drug-likeness (QED) is 0.783. The van der Waals surface area contributed by atoms with Gasteiger partial charge in [-0.05, 0) is 37.8 Å². The van der Waals surface area contributed by atoms with Crippen LogP contribution in [0.2, 0.25) is 0 Å². The molecular formula is C18H24N2O5. The zero-order valence-corrected chi connectivity index (χ0v) is 14.4. The normalized spacial score (nSPS) is 22.9. The Bertz CT molecular complexity index is 663. The Morgan fingerprint density at radius 1 is 1.28 bits per heavy atom. The highest BCUT2D eigenvalue weighted by atomic mass is 16.5. The average molecular weight is 348 g/mol. The maximum absolute atomic E-state index is 13.1. The third-order valence-electron chi connectivity index (χ3n) is 4.90. The number of nitrogens with one attached hydrogen (secondary N) is 1. The SMILES string of the molecule is COCCOc1cc(O)cc(C(=O)N2CCCC23CCCNC3=O)c1. The van der Waals surface area contributed by atoms with Gasteiger partial charge in [-0.2, -0.15) is 0 Å². The minimum atomic E-state index is -0.752. The van der Waals surface area contributed by atoms with Gasteiger partial charge in [-0.15, -0.1) is 0 Å². The van der Waals surface area contributed by atoms with Crippen LogP contribution in [0.1, 0.15) is 36.0 Å². The summed E-state index contributed by atoms with van der Waals surface area (Å²) in [6.45, 7) is 1.94. The Morgan fingerprint density at radius 2 is 2.08 bits per heavy atom. The van der Waals surface area contributed by atoms with Gasteiger partial charge in [0.2, 0.25) is 5.91 Å². The highest BCUT2D eigenvalue weighted by Gasteiger charge is 2.50. The lowest BCUT2D eigenvalue weighted by Crippen LogP contribution is -2.60. The Balaban J connectivity index is 1.83. The second kappa shape index (κ2) is 7.31. The van der Waals surface area contributed by atoms with E-state index in [1.165, 1.54) is 12.1 Å². The third-order valence-corrected chi connectivity index (χ3v) is 4.90. The van der Waals surface area contributed by atoms with Crippen molar-refractivity contribution in [1.82, 2.24) is 10.2 Å². The molecule has 1 aromatic rings. The lowest BCUT2D eigenvalue weighted by Gasteiger charge is -2.40. The van der Waals surface area contributed by atoms with Crippen molar-refractivity contribution in [3.8, 4) is 11.5 Å². The molecule has 0 bridgehead atoms. The van der Waals surface area contributed by atoms with Crippen LogP contribution in [0.15, 0.2) is 18.2 Å². The van der Waals surface area contributed by atoms with Crippen LogP contribution < -0.4 is 10.1 Å². The first kappa shape index (κ1) is 17.5. The van der Waals surface area contributed by atoms with Crippen molar-refractivity contribution in [3.63, 3.8) is 0 Å². The first-order chi connectivity index (χ1) is 12.1. The zero-order chi connectivity index (χ0) is 17.9. The van der Waals surface area contributed by atoms with Gasteiger partial charge < -0.3 is 24.8 Å². The number of likely N-dealkylation sites (tertiary alicyclic amines) is 1. The Morgan fingerprint density at radius 3 is 2.84 bits per heavy atom. The molecule has 1 atom stereocenters. The summed E-state index contributed by atoms with van der Waals surface area (Å²) in [7, 11) is 1.57. The molecule has 2 aliphatic rings. The molecule has 2 aliphatic heterocycles. The summed E-state index contributed by atoms with van der Waals surface area (Å²) in [6.07, 6.45) is 3.03. The van der Waals surface area contributed by atoms with E-state index in [0.717, 1.165) is 12.8 Å². The van der Waals surface area contributed by atoms with Gasteiger partial charge in [0.25, 0.3) is 5.91 Å². The minimum absolute atomic E-state index is 0.0420. The molecule has 0 saturated carbocycles. The smallest absolute Gasteiger partial charge is 0.255 e. The predicted molar refractivity (Wildman–Crippen MR) is 90.7 cm³/mol. The Kier molecular flexibility index (Phi) is 5.13. The lowest BCUT2D eigenvalue weighted by atomic mass is 9.86. The number of rotatable bonds is 5. The van der Waals surface area contributed by atoms with E-state index in [0.29, 0.717) is 50.5 Å². The topological polar surface area (TPSA) is 88.1 Å². The van der Waals surface area contributed by atoms with E-state index in [1.807, 2.05) is 0 Å². The number of methoxy groups -OCH3 is 1. The standard InChI is InChI=1S/C18H24N2O5/c1-24-8-9-25-15-11-13(10-14(21)12-15)16(22)20-7-3-5-18(20)4-2-6-19-17(18)23/h10-12,21H,2-9H2,1H3,(H,19,23). The summed E-state index contributed by atoms with van der Waals surface area (Å²) in [5.41, 5.74) is -0.426. The summed E-state index contributed by atoms with van der Waals surface area (Å²) in [5.74, 6) is 0.0460. The number of ether oxygens (including phenoxy) is 2. The van der Waals surface area contributed by atoms with E-state index in [4.69, 9.17) is 9.47 Å². The van der Waals surface area contributed by atoms with Crippen LogP contribution in [-0.2, 0) is 9.53 Å². The van der Waals surface area contributed by atoms with Crippen molar-refractivity contribution in [2.45, 2.75) is 31.2 Å². The number of hydrogen-bond acceptors (Lipinski definition) is 5. The summed E-state index contributed by atoms with van der Waals surface area (Å²) < 4.78 is 10.4. The minimum Gasteiger partial charge on any atom is -0.508 e. The molecule has 2 amide bonds. The summed E-state index contributed by atoms with van der Waals surface area (Å²) in [5, 5.41) is 12.8.